The summed E-state index contributed by atoms with van der Waals surface area (Å²) in [5.41, 5.74) is 8.38. The molecular weight excluding hydrogens is 298 g/mol. The lowest BCUT2D eigenvalue weighted by Gasteiger charge is -2.37. The minimum absolute atomic E-state index is 0.0680. The van der Waals surface area contributed by atoms with Crippen molar-refractivity contribution in [3.05, 3.63) is 35.4 Å². The van der Waals surface area contributed by atoms with E-state index in [1.54, 1.807) is 0 Å². The van der Waals surface area contributed by atoms with Crippen molar-refractivity contribution in [2.24, 2.45) is 11.7 Å². The van der Waals surface area contributed by atoms with Crippen molar-refractivity contribution in [1.29, 1.82) is 0 Å². The zero-order valence-corrected chi connectivity index (χ0v) is 15.6. The third-order valence-electron chi connectivity index (χ3n) is 5.34. The van der Waals surface area contributed by atoms with Gasteiger partial charge in [-0.25, -0.2) is 0 Å². The summed E-state index contributed by atoms with van der Waals surface area (Å²) in [7, 11) is 2.13. The summed E-state index contributed by atoms with van der Waals surface area (Å²) >= 11 is 0. The first-order valence-electron chi connectivity index (χ1n) is 9.14. The molecule has 24 heavy (non-hydrogen) atoms. The van der Waals surface area contributed by atoms with E-state index in [-0.39, 0.29) is 17.4 Å². The number of benzene rings is 1. The SMILES string of the molecule is CC(C)N(C)Cc1cccc(CNC(=O)C2CCCCC2(C)N)c1. The van der Waals surface area contributed by atoms with E-state index >= 15 is 0 Å². The monoisotopic (exact) mass is 331 g/mol. The van der Waals surface area contributed by atoms with Crippen LogP contribution in [0.2, 0.25) is 0 Å². The first-order chi connectivity index (χ1) is 11.3. The maximum atomic E-state index is 12.5. The molecule has 1 aromatic carbocycles. The Morgan fingerprint density at radius 1 is 1.38 bits per heavy atom. The molecule has 0 heterocycles. The summed E-state index contributed by atoms with van der Waals surface area (Å²) in [5, 5.41) is 3.10. The smallest absolute Gasteiger partial charge is 0.225 e. The van der Waals surface area contributed by atoms with Gasteiger partial charge < -0.3 is 11.1 Å². The normalized spacial score (nSPS) is 24.4. The van der Waals surface area contributed by atoms with Crippen molar-refractivity contribution < 1.29 is 4.79 Å². The first-order valence-corrected chi connectivity index (χ1v) is 9.14. The van der Waals surface area contributed by atoms with Crippen molar-refractivity contribution in [3.8, 4) is 0 Å². The van der Waals surface area contributed by atoms with E-state index in [2.05, 4.69) is 55.4 Å². The fourth-order valence-electron chi connectivity index (χ4n) is 3.41. The highest BCUT2D eigenvalue weighted by molar-refractivity contribution is 5.80. The fourth-order valence-corrected chi connectivity index (χ4v) is 3.41. The Morgan fingerprint density at radius 3 is 2.75 bits per heavy atom. The molecule has 1 saturated carbocycles. The Bertz CT molecular complexity index is 554. The van der Waals surface area contributed by atoms with Crippen LogP contribution in [0.1, 0.15) is 57.6 Å². The number of rotatable bonds is 6. The fraction of sp³-hybridized carbons (Fsp3) is 0.650. The van der Waals surface area contributed by atoms with Crippen LogP contribution in [0.25, 0.3) is 0 Å². The van der Waals surface area contributed by atoms with Crippen LogP contribution in [-0.2, 0) is 17.9 Å². The Labute approximate surface area is 146 Å². The number of carbonyl (C=O) groups is 1. The van der Waals surface area contributed by atoms with Crippen LogP contribution in [-0.4, -0.2) is 29.4 Å². The molecule has 1 aliphatic rings. The van der Waals surface area contributed by atoms with Crippen molar-refractivity contribution in [1.82, 2.24) is 10.2 Å². The molecule has 134 valence electrons. The van der Waals surface area contributed by atoms with Gasteiger partial charge in [-0.1, -0.05) is 37.1 Å². The van der Waals surface area contributed by atoms with Crippen LogP contribution < -0.4 is 11.1 Å². The third kappa shape index (κ3) is 5.05. The molecule has 3 N–H and O–H groups in total. The molecule has 2 atom stereocenters. The predicted octanol–water partition coefficient (Wildman–Crippen LogP) is 3.05. The van der Waals surface area contributed by atoms with E-state index in [1.165, 1.54) is 5.56 Å². The number of hydrogen-bond acceptors (Lipinski definition) is 3. The Hall–Kier alpha value is -1.39. The Kier molecular flexibility index (Phi) is 6.41. The molecule has 0 bridgehead atoms. The van der Waals surface area contributed by atoms with Gasteiger partial charge in [0.2, 0.25) is 5.91 Å². The molecule has 1 amide bonds. The molecule has 4 nitrogen and oxygen atoms in total. The van der Waals surface area contributed by atoms with Gasteiger partial charge in [-0.05, 0) is 51.8 Å². The highest BCUT2D eigenvalue weighted by atomic mass is 16.1. The largest absolute Gasteiger partial charge is 0.352 e. The third-order valence-corrected chi connectivity index (χ3v) is 5.34. The van der Waals surface area contributed by atoms with Crippen molar-refractivity contribution in [2.45, 2.75) is 71.1 Å². The molecule has 0 saturated heterocycles. The zero-order chi connectivity index (χ0) is 17.7. The van der Waals surface area contributed by atoms with Crippen LogP contribution in [0.4, 0.5) is 0 Å². The number of hydrogen-bond donors (Lipinski definition) is 2. The lowest BCUT2D eigenvalue weighted by Crippen LogP contribution is -2.52. The quantitative estimate of drug-likeness (QED) is 0.842. The van der Waals surface area contributed by atoms with Crippen LogP contribution >= 0.6 is 0 Å². The van der Waals surface area contributed by atoms with Gasteiger partial charge in [-0.3, -0.25) is 9.69 Å². The summed E-state index contributed by atoms with van der Waals surface area (Å²) in [5.74, 6) is 0.0332. The lowest BCUT2D eigenvalue weighted by molar-refractivity contribution is -0.128. The second-order valence-corrected chi connectivity index (χ2v) is 7.85. The van der Waals surface area contributed by atoms with Crippen LogP contribution in [0, 0.1) is 5.92 Å². The van der Waals surface area contributed by atoms with Gasteiger partial charge in [0.15, 0.2) is 0 Å². The van der Waals surface area contributed by atoms with Gasteiger partial charge in [0, 0.05) is 24.7 Å². The van der Waals surface area contributed by atoms with Gasteiger partial charge in [-0.15, -0.1) is 0 Å². The van der Waals surface area contributed by atoms with E-state index in [4.69, 9.17) is 5.73 Å². The second kappa shape index (κ2) is 8.13. The molecule has 0 spiro atoms. The minimum Gasteiger partial charge on any atom is -0.352 e. The van der Waals surface area contributed by atoms with Crippen molar-refractivity contribution in [2.75, 3.05) is 7.05 Å². The Balaban J connectivity index is 1.93. The maximum absolute atomic E-state index is 12.5. The highest BCUT2D eigenvalue weighted by Gasteiger charge is 2.37. The van der Waals surface area contributed by atoms with E-state index in [1.807, 2.05) is 6.92 Å². The summed E-state index contributed by atoms with van der Waals surface area (Å²) in [6, 6.07) is 8.98. The van der Waals surface area contributed by atoms with Gasteiger partial charge in [-0.2, -0.15) is 0 Å². The summed E-state index contributed by atoms with van der Waals surface area (Å²) in [4.78, 5) is 14.8. The molecular formula is C20H33N3O. The van der Waals surface area contributed by atoms with E-state index in [9.17, 15) is 4.79 Å². The molecule has 2 unspecified atom stereocenters. The molecule has 0 aromatic heterocycles. The molecule has 0 radical (unpaired) electrons. The van der Waals surface area contributed by atoms with Gasteiger partial charge in [0.05, 0.1) is 5.92 Å². The number of nitrogens with one attached hydrogen (secondary N) is 1. The standard InChI is InChI=1S/C20H33N3O/c1-15(2)23(4)14-17-9-7-8-16(12-17)13-22-19(24)18-10-5-6-11-20(18,3)21/h7-9,12,15,18H,5-6,10-11,13-14,21H2,1-4H3,(H,22,24). The van der Waals surface area contributed by atoms with Gasteiger partial charge in [0.1, 0.15) is 0 Å². The number of nitrogens with zero attached hydrogens (tertiary/aromatic N) is 1. The average Bonchev–Trinajstić information content (AvgIpc) is 2.52. The van der Waals surface area contributed by atoms with Gasteiger partial charge in [0.25, 0.3) is 0 Å². The van der Waals surface area contributed by atoms with E-state index in [0.29, 0.717) is 12.6 Å². The average molecular weight is 332 g/mol. The summed E-state index contributed by atoms with van der Waals surface area (Å²) < 4.78 is 0. The maximum Gasteiger partial charge on any atom is 0.225 e. The first kappa shape index (κ1) is 18.9. The number of amides is 1. The molecule has 1 fully saturated rings. The topological polar surface area (TPSA) is 58.4 Å². The number of nitrogens with two attached hydrogens (primary N) is 1. The molecule has 1 aliphatic carbocycles. The van der Waals surface area contributed by atoms with Crippen LogP contribution in [0.5, 0.6) is 0 Å². The van der Waals surface area contributed by atoms with E-state index in [0.717, 1.165) is 37.8 Å². The zero-order valence-electron chi connectivity index (χ0n) is 15.6. The summed E-state index contributed by atoms with van der Waals surface area (Å²) in [6.45, 7) is 7.89. The van der Waals surface area contributed by atoms with Crippen molar-refractivity contribution >= 4 is 5.91 Å². The molecule has 1 aromatic rings. The minimum atomic E-state index is -0.371. The van der Waals surface area contributed by atoms with E-state index < -0.39 is 0 Å². The second-order valence-electron chi connectivity index (χ2n) is 7.85. The number of carbonyl (C=O) groups excluding carboxylic acids is 1. The molecule has 0 aliphatic heterocycles. The highest BCUT2D eigenvalue weighted by Crippen LogP contribution is 2.31. The van der Waals surface area contributed by atoms with Crippen LogP contribution in [0.15, 0.2) is 24.3 Å². The predicted molar refractivity (Wildman–Crippen MR) is 99.4 cm³/mol. The summed E-state index contributed by atoms with van der Waals surface area (Å²) in [6.07, 6.45) is 4.06. The lowest BCUT2D eigenvalue weighted by atomic mass is 9.74. The molecule has 2 rings (SSSR count). The van der Waals surface area contributed by atoms with Crippen LogP contribution in [0.3, 0.4) is 0 Å². The Morgan fingerprint density at radius 2 is 2.08 bits per heavy atom. The van der Waals surface area contributed by atoms with Crippen molar-refractivity contribution in [3.63, 3.8) is 0 Å². The van der Waals surface area contributed by atoms with Gasteiger partial charge >= 0.3 is 0 Å². The molecule has 4 heteroatoms.